The topological polar surface area (TPSA) is 52.6 Å². The van der Waals surface area contributed by atoms with Crippen LogP contribution in [-0.4, -0.2) is 25.2 Å². The van der Waals surface area contributed by atoms with Gasteiger partial charge in [0.2, 0.25) is 0 Å². The van der Waals surface area contributed by atoms with E-state index in [1.807, 2.05) is 32.0 Å². The molecule has 0 saturated carbocycles. The third kappa shape index (κ3) is 5.21. The van der Waals surface area contributed by atoms with Crippen LogP contribution in [0.1, 0.15) is 49.3 Å². The lowest BCUT2D eigenvalue weighted by Crippen LogP contribution is -2.18. The van der Waals surface area contributed by atoms with Crippen molar-refractivity contribution in [3.63, 3.8) is 0 Å². The zero-order valence-corrected chi connectivity index (χ0v) is 13.3. The summed E-state index contributed by atoms with van der Waals surface area (Å²) >= 11 is 0. The molecule has 4 nitrogen and oxygen atoms in total. The molecule has 0 amide bonds. The van der Waals surface area contributed by atoms with Gasteiger partial charge in [0.25, 0.3) is 0 Å². The van der Waals surface area contributed by atoms with E-state index in [0.717, 1.165) is 11.1 Å². The number of hydrogen-bond donors (Lipinski definition) is 0. The Morgan fingerprint density at radius 3 is 2.29 bits per heavy atom. The van der Waals surface area contributed by atoms with Gasteiger partial charge in [0.05, 0.1) is 19.1 Å². The molecule has 0 radical (unpaired) electrons. The molecule has 0 bridgehead atoms. The van der Waals surface area contributed by atoms with Crippen molar-refractivity contribution in [3.8, 4) is 0 Å². The van der Waals surface area contributed by atoms with Gasteiger partial charge in [0, 0.05) is 6.42 Å². The number of ether oxygens (including phenoxy) is 2. The number of hydrogen-bond acceptors (Lipinski definition) is 4. The number of carbonyl (C=O) groups is 2. The van der Waals surface area contributed by atoms with E-state index < -0.39 is 5.92 Å². The molecule has 0 aliphatic rings. The van der Waals surface area contributed by atoms with Crippen LogP contribution in [0, 0.1) is 13.8 Å². The average molecular weight is 292 g/mol. The molecule has 0 saturated heterocycles. The van der Waals surface area contributed by atoms with Crippen LogP contribution in [-0.2, 0) is 19.1 Å². The van der Waals surface area contributed by atoms with Crippen LogP contribution >= 0.6 is 0 Å². The summed E-state index contributed by atoms with van der Waals surface area (Å²) in [7, 11) is 0. The summed E-state index contributed by atoms with van der Waals surface area (Å²) in [5, 5.41) is 0. The minimum atomic E-state index is -0.423. The molecule has 1 aromatic carbocycles. The number of benzene rings is 1. The van der Waals surface area contributed by atoms with Crippen LogP contribution in [0.3, 0.4) is 0 Å². The monoisotopic (exact) mass is 292 g/mol. The Labute approximate surface area is 126 Å². The fourth-order valence-corrected chi connectivity index (χ4v) is 2.14. The highest BCUT2D eigenvalue weighted by Gasteiger charge is 2.23. The van der Waals surface area contributed by atoms with Gasteiger partial charge in [-0.15, -0.1) is 0 Å². The minimum Gasteiger partial charge on any atom is -0.466 e. The first kappa shape index (κ1) is 17.2. The molecule has 0 aliphatic heterocycles. The van der Waals surface area contributed by atoms with Gasteiger partial charge >= 0.3 is 11.9 Å². The summed E-state index contributed by atoms with van der Waals surface area (Å²) in [6, 6.07) is 5.90. The summed E-state index contributed by atoms with van der Waals surface area (Å²) in [5.41, 5.74) is 3.19. The third-order valence-electron chi connectivity index (χ3n) is 3.45. The first-order valence-corrected chi connectivity index (χ1v) is 7.39. The number of aryl methyl sites for hydroxylation is 2. The summed E-state index contributed by atoms with van der Waals surface area (Å²) in [6.45, 7) is 8.26. The maximum atomic E-state index is 12.1. The van der Waals surface area contributed by atoms with Crippen LogP contribution in [0.15, 0.2) is 18.2 Å². The Hall–Kier alpha value is -1.84. The molecule has 0 aliphatic carbocycles. The zero-order chi connectivity index (χ0) is 15.8. The Morgan fingerprint density at radius 1 is 1.05 bits per heavy atom. The number of esters is 2. The van der Waals surface area contributed by atoms with E-state index >= 15 is 0 Å². The van der Waals surface area contributed by atoms with Crippen LogP contribution in [0.5, 0.6) is 0 Å². The van der Waals surface area contributed by atoms with Gasteiger partial charge in [0.15, 0.2) is 0 Å². The second kappa shape index (κ2) is 8.45. The Morgan fingerprint density at radius 2 is 1.71 bits per heavy atom. The summed E-state index contributed by atoms with van der Waals surface area (Å²) in [4.78, 5) is 23.6. The maximum Gasteiger partial charge on any atom is 0.313 e. The fourth-order valence-electron chi connectivity index (χ4n) is 2.14. The van der Waals surface area contributed by atoms with Crippen molar-refractivity contribution in [1.29, 1.82) is 0 Å². The van der Waals surface area contributed by atoms with E-state index in [1.165, 1.54) is 5.56 Å². The minimum absolute atomic E-state index is 0.213. The molecule has 21 heavy (non-hydrogen) atoms. The Balaban J connectivity index is 2.88. The van der Waals surface area contributed by atoms with E-state index in [0.29, 0.717) is 19.6 Å². The number of carbonyl (C=O) groups excluding carboxylic acids is 2. The van der Waals surface area contributed by atoms with Gasteiger partial charge < -0.3 is 9.47 Å². The molecular formula is C17H24O4. The van der Waals surface area contributed by atoms with Crippen LogP contribution in [0.25, 0.3) is 0 Å². The van der Waals surface area contributed by atoms with Crippen molar-refractivity contribution in [2.45, 2.75) is 46.5 Å². The molecule has 0 heterocycles. The summed E-state index contributed by atoms with van der Waals surface area (Å²) in [5.74, 6) is -0.991. The molecule has 1 unspecified atom stereocenters. The zero-order valence-electron chi connectivity index (χ0n) is 13.3. The molecule has 1 atom stereocenters. The highest BCUT2D eigenvalue weighted by molar-refractivity contribution is 5.79. The van der Waals surface area contributed by atoms with Crippen LogP contribution < -0.4 is 0 Å². The average Bonchev–Trinajstić information content (AvgIpc) is 2.43. The van der Waals surface area contributed by atoms with Gasteiger partial charge in [-0.2, -0.15) is 0 Å². The summed E-state index contributed by atoms with van der Waals surface area (Å²) < 4.78 is 10.0. The molecule has 1 aromatic rings. The van der Waals surface area contributed by atoms with Gasteiger partial charge in [-0.25, -0.2) is 0 Å². The molecule has 0 N–H and O–H groups in total. The van der Waals surface area contributed by atoms with E-state index in [-0.39, 0.29) is 18.4 Å². The van der Waals surface area contributed by atoms with E-state index in [9.17, 15) is 9.59 Å². The van der Waals surface area contributed by atoms with Crippen molar-refractivity contribution < 1.29 is 19.1 Å². The van der Waals surface area contributed by atoms with Gasteiger partial charge in [-0.1, -0.05) is 18.2 Å². The Kier molecular flexibility index (Phi) is 6.92. The van der Waals surface area contributed by atoms with Crippen molar-refractivity contribution in [1.82, 2.24) is 0 Å². The van der Waals surface area contributed by atoms with E-state index in [1.54, 1.807) is 13.8 Å². The van der Waals surface area contributed by atoms with Gasteiger partial charge in [-0.05, 0) is 50.8 Å². The number of rotatable bonds is 7. The summed E-state index contributed by atoms with van der Waals surface area (Å²) in [6.07, 6.45) is 0.615. The smallest absolute Gasteiger partial charge is 0.313 e. The lowest BCUT2D eigenvalue weighted by atomic mass is 9.92. The lowest BCUT2D eigenvalue weighted by molar-refractivity contribution is -0.146. The second-order valence-electron chi connectivity index (χ2n) is 4.99. The first-order chi connectivity index (χ1) is 9.99. The van der Waals surface area contributed by atoms with Gasteiger partial charge in [0.1, 0.15) is 0 Å². The lowest BCUT2D eigenvalue weighted by Gasteiger charge is -2.16. The highest BCUT2D eigenvalue weighted by Crippen LogP contribution is 2.25. The molecule has 116 valence electrons. The fraction of sp³-hybridized carbons (Fsp3) is 0.529. The van der Waals surface area contributed by atoms with Crippen molar-refractivity contribution in [2.24, 2.45) is 0 Å². The van der Waals surface area contributed by atoms with Crippen LogP contribution in [0.4, 0.5) is 0 Å². The predicted molar refractivity (Wildman–Crippen MR) is 81.2 cm³/mol. The van der Waals surface area contributed by atoms with Crippen molar-refractivity contribution in [3.05, 3.63) is 34.9 Å². The predicted octanol–water partition coefficient (Wildman–Crippen LogP) is 3.29. The molecule has 0 fully saturated rings. The molecule has 0 spiro atoms. The quantitative estimate of drug-likeness (QED) is 0.724. The SMILES string of the molecule is CCOC(=O)CCC(C(=O)OCC)c1ccc(C)c(C)c1. The standard InChI is InChI=1S/C17H24O4/c1-5-20-16(18)10-9-15(17(19)21-6-2)14-8-7-12(3)13(4)11-14/h7-8,11,15H,5-6,9-10H2,1-4H3. The normalized spacial score (nSPS) is 11.8. The van der Waals surface area contributed by atoms with E-state index in [2.05, 4.69) is 0 Å². The Bertz CT molecular complexity index is 494. The van der Waals surface area contributed by atoms with Crippen molar-refractivity contribution >= 4 is 11.9 Å². The van der Waals surface area contributed by atoms with E-state index in [4.69, 9.17) is 9.47 Å². The third-order valence-corrected chi connectivity index (χ3v) is 3.45. The second-order valence-corrected chi connectivity index (χ2v) is 4.99. The van der Waals surface area contributed by atoms with Crippen LogP contribution in [0.2, 0.25) is 0 Å². The molecule has 1 rings (SSSR count). The molecular weight excluding hydrogens is 268 g/mol. The molecule has 0 aromatic heterocycles. The highest BCUT2D eigenvalue weighted by atomic mass is 16.5. The maximum absolute atomic E-state index is 12.1. The molecule has 4 heteroatoms. The van der Waals surface area contributed by atoms with Crippen molar-refractivity contribution in [2.75, 3.05) is 13.2 Å². The first-order valence-electron chi connectivity index (χ1n) is 7.39. The largest absolute Gasteiger partial charge is 0.466 e. The van der Waals surface area contributed by atoms with Gasteiger partial charge in [-0.3, -0.25) is 9.59 Å².